The molecule has 0 amide bonds. The zero-order chi connectivity index (χ0) is 20.0. The van der Waals surface area contributed by atoms with Crippen molar-refractivity contribution in [1.29, 1.82) is 0 Å². The molecule has 1 fully saturated rings. The lowest BCUT2D eigenvalue weighted by Crippen LogP contribution is -2.44. The van der Waals surface area contributed by atoms with E-state index >= 15 is 0 Å². The summed E-state index contributed by atoms with van der Waals surface area (Å²) >= 11 is 0. The van der Waals surface area contributed by atoms with E-state index < -0.39 is 6.10 Å². The summed E-state index contributed by atoms with van der Waals surface area (Å²) in [6.07, 6.45) is 5.39. The Morgan fingerprint density at radius 2 is 2.00 bits per heavy atom. The van der Waals surface area contributed by atoms with Crippen molar-refractivity contribution in [2.24, 2.45) is 0 Å². The SMILES string of the molecule is COc1cc(C)c2c3c1OC1C[C@@H](O)C=CC31CCN(CCN1CCOCC1)C2. The van der Waals surface area contributed by atoms with Crippen LogP contribution in [0.15, 0.2) is 18.2 Å². The molecule has 1 spiro atoms. The van der Waals surface area contributed by atoms with E-state index in [1.54, 1.807) is 7.11 Å². The molecular weight excluding hydrogens is 368 g/mol. The molecule has 1 N–H and O–H groups in total. The lowest BCUT2D eigenvalue weighted by molar-refractivity contribution is 0.0322. The first-order valence-corrected chi connectivity index (χ1v) is 10.9. The van der Waals surface area contributed by atoms with Crippen molar-refractivity contribution in [1.82, 2.24) is 9.80 Å². The Labute approximate surface area is 173 Å². The Morgan fingerprint density at radius 1 is 1.21 bits per heavy atom. The normalized spacial score (nSPS) is 31.7. The molecule has 0 bridgehead atoms. The van der Waals surface area contributed by atoms with Crippen LogP contribution in [0.2, 0.25) is 0 Å². The van der Waals surface area contributed by atoms with Gasteiger partial charge in [0, 0.05) is 44.7 Å². The van der Waals surface area contributed by atoms with Gasteiger partial charge in [0.25, 0.3) is 0 Å². The zero-order valence-corrected chi connectivity index (χ0v) is 17.5. The number of aliphatic hydroxyl groups excluding tert-OH is 1. The topological polar surface area (TPSA) is 54.4 Å². The summed E-state index contributed by atoms with van der Waals surface area (Å²) in [5.74, 6) is 1.71. The summed E-state index contributed by atoms with van der Waals surface area (Å²) in [6.45, 7) is 10.1. The minimum atomic E-state index is -0.434. The number of hydrogen-bond donors (Lipinski definition) is 1. The maximum absolute atomic E-state index is 10.2. The van der Waals surface area contributed by atoms with E-state index in [4.69, 9.17) is 14.2 Å². The van der Waals surface area contributed by atoms with Crippen LogP contribution in [0.25, 0.3) is 0 Å². The molecule has 5 rings (SSSR count). The van der Waals surface area contributed by atoms with Gasteiger partial charge in [-0.1, -0.05) is 12.2 Å². The number of benzene rings is 1. The summed E-state index contributed by atoms with van der Waals surface area (Å²) in [7, 11) is 1.71. The fourth-order valence-corrected chi connectivity index (χ4v) is 5.52. The molecule has 3 aliphatic heterocycles. The number of aryl methyl sites for hydroxylation is 1. The van der Waals surface area contributed by atoms with Crippen molar-refractivity contribution in [2.75, 3.05) is 53.0 Å². The number of methoxy groups -OCH3 is 1. The molecule has 29 heavy (non-hydrogen) atoms. The largest absolute Gasteiger partial charge is 0.493 e. The van der Waals surface area contributed by atoms with Crippen LogP contribution in [-0.2, 0) is 16.7 Å². The van der Waals surface area contributed by atoms with Crippen LogP contribution in [0.5, 0.6) is 11.5 Å². The van der Waals surface area contributed by atoms with Gasteiger partial charge in [0.15, 0.2) is 11.5 Å². The van der Waals surface area contributed by atoms with E-state index in [9.17, 15) is 5.11 Å². The van der Waals surface area contributed by atoms with Gasteiger partial charge in [0.05, 0.1) is 31.8 Å². The van der Waals surface area contributed by atoms with Crippen molar-refractivity contribution < 1.29 is 19.3 Å². The van der Waals surface area contributed by atoms with Crippen molar-refractivity contribution in [2.45, 2.75) is 43.9 Å². The standard InChI is InChI=1S/C23H32N2O4/c1-16-13-19(27-2)22-21-18(16)15-25(8-7-24-9-11-28-12-10-24)6-5-23(21)4-3-17(26)14-20(23)29-22/h3-4,13,17,20,26H,5-12,14-15H2,1-2H3/t17-,20?,23?/m0/s1. The molecule has 1 saturated heterocycles. The highest BCUT2D eigenvalue weighted by Gasteiger charge is 2.53. The molecule has 0 radical (unpaired) electrons. The van der Waals surface area contributed by atoms with Crippen LogP contribution in [0.1, 0.15) is 29.5 Å². The molecule has 6 heteroatoms. The van der Waals surface area contributed by atoms with E-state index in [1.807, 2.05) is 6.08 Å². The number of rotatable bonds is 4. The summed E-state index contributed by atoms with van der Waals surface area (Å²) in [5, 5.41) is 10.2. The number of ether oxygens (including phenoxy) is 3. The van der Waals surface area contributed by atoms with Crippen molar-refractivity contribution >= 4 is 0 Å². The first-order valence-electron chi connectivity index (χ1n) is 10.9. The van der Waals surface area contributed by atoms with Crippen LogP contribution >= 0.6 is 0 Å². The van der Waals surface area contributed by atoms with E-state index in [2.05, 4.69) is 28.9 Å². The van der Waals surface area contributed by atoms with E-state index in [0.717, 1.165) is 70.4 Å². The van der Waals surface area contributed by atoms with Gasteiger partial charge in [-0.25, -0.2) is 0 Å². The fraction of sp³-hybridized carbons (Fsp3) is 0.652. The van der Waals surface area contributed by atoms with E-state index in [1.165, 1.54) is 16.7 Å². The minimum Gasteiger partial charge on any atom is -0.493 e. The smallest absolute Gasteiger partial charge is 0.166 e. The number of morpholine rings is 1. The highest BCUT2D eigenvalue weighted by molar-refractivity contribution is 5.63. The predicted octanol–water partition coefficient (Wildman–Crippen LogP) is 1.86. The molecule has 4 aliphatic rings. The third-order valence-corrected chi connectivity index (χ3v) is 7.23. The van der Waals surface area contributed by atoms with Gasteiger partial charge in [-0.3, -0.25) is 9.80 Å². The molecule has 1 aromatic carbocycles. The predicted molar refractivity (Wildman–Crippen MR) is 111 cm³/mol. The summed E-state index contributed by atoms with van der Waals surface area (Å²) in [5.41, 5.74) is 3.79. The average Bonchev–Trinajstić information content (AvgIpc) is 2.96. The van der Waals surface area contributed by atoms with Crippen molar-refractivity contribution in [3.05, 3.63) is 34.9 Å². The molecule has 1 aromatic rings. The highest BCUT2D eigenvalue weighted by Crippen LogP contribution is 2.56. The Kier molecular flexibility index (Phi) is 5.06. The second-order valence-corrected chi connectivity index (χ2v) is 8.87. The maximum Gasteiger partial charge on any atom is 0.166 e. The molecule has 1 aliphatic carbocycles. The second kappa shape index (κ2) is 7.58. The minimum absolute atomic E-state index is 0.0221. The lowest BCUT2D eigenvalue weighted by Gasteiger charge is -2.36. The summed E-state index contributed by atoms with van der Waals surface area (Å²) < 4.78 is 17.6. The highest BCUT2D eigenvalue weighted by atomic mass is 16.5. The Balaban J connectivity index is 1.48. The quantitative estimate of drug-likeness (QED) is 0.779. The molecule has 3 atom stereocenters. The third kappa shape index (κ3) is 3.26. The third-order valence-electron chi connectivity index (χ3n) is 7.23. The van der Waals surface area contributed by atoms with E-state index in [-0.39, 0.29) is 11.5 Å². The first kappa shape index (κ1) is 19.4. The lowest BCUT2D eigenvalue weighted by atomic mass is 9.68. The second-order valence-electron chi connectivity index (χ2n) is 8.87. The summed E-state index contributed by atoms with van der Waals surface area (Å²) in [6, 6.07) is 2.12. The van der Waals surface area contributed by atoms with Gasteiger partial charge < -0.3 is 19.3 Å². The number of aliphatic hydroxyl groups is 1. The molecule has 0 aromatic heterocycles. The molecule has 0 saturated carbocycles. The number of hydrogen-bond acceptors (Lipinski definition) is 6. The first-order chi connectivity index (χ1) is 14.1. The molecule has 158 valence electrons. The summed E-state index contributed by atoms with van der Waals surface area (Å²) in [4.78, 5) is 5.10. The van der Waals surface area contributed by atoms with Crippen LogP contribution in [0.3, 0.4) is 0 Å². The van der Waals surface area contributed by atoms with Crippen molar-refractivity contribution in [3.8, 4) is 11.5 Å². The molecule has 6 nitrogen and oxygen atoms in total. The fourth-order valence-electron chi connectivity index (χ4n) is 5.52. The van der Waals surface area contributed by atoms with Gasteiger partial charge in [0.2, 0.25) is 0 Å². The molecule has 2 unspecified atom stereocenters. The van der Waals surface area contributed by atoms with Crippen molar-refractivity contribution in [3.63, 3.8) is 0 Å². The Bertz CT molecular complexity index is 805. The van der Waals surface area contributed by atoms with Gasteiger partial charge in [-0.15, -0.1) is 0 Å². The van der Waals surface area contributed by atoms with Crippen LogP contribution in [-0.4, -0.2) is 80.2 Å². The monoisotopic (exact) mass is 400 g/mol. The molecule has 3 heterocycles. The van der Waals surface area contributed by atoms with Gasteiger partial charge >= 0.3 is 0 Å². The zero-order valence-electron chi connectivity index (χ0n) is 17.5. The van der Waals surface area contributed by atoms with Crippen LogP contribution < -0.4 is 9.47 Å². The number of nitrogens with zero attached hydrogens (tertiary/aromatic N) is 2. The Hall–Kier alpha value is -1.60. The van der Waals surface area contributed by atoms with Gasteiger partial charge in [-0.05, 0) is 37.1 Å². The molecular formula is C23H32N2O4. The van der Waals surface area contributed by atoms with E-state index in [0.29, 0.717) is 6.42 Å². The van der Waals surface area contributed by atoms with Crippen LogP contribution in [0, 0.1) is 6.92 Å². The van der Waals surface area contributed by atoms with Crippen LogP contribution in [0.4, 0.5) is 0 Å². The average molecular weight is 401 g/mol. The Morgan fingerprint density at radius 3 is 2.79 bits per heavy atom. The van der Waals surface area contributed by atoms with Gasteiger partial charge in [-0.2, -0.15) is 0 Å². The van der Waals surface area contributed by atoms with Gasteiger partial charge in [0.1, 0.15) is 6.10 Å². The maximum atomic E-state index is 10.2.